The van der Waals surface area contributed by atoms with Gasteiger partial charge in [-0.25, -0.2) is 8.78 Å². The minimum absolute atomic E-state index is 0.0637. The SMILES string of the molecule is Cc1cc(CNCC2(O)CCCN(Cc3cccc(F)c3F)C2=O)cnc1C. The molecule has 1 amide bonds. The minimum atomic E-state index is -1.56. The van der Waals surface area contributed by atoms with Crippen LogP contribution in [0, 0.1) is 25.5 Å². The van der Waals surface area contributed by atoms with Gasteiger partial charge in [-0.05, 0) is 43.9 Å². The molecule has 0 spiro atoms. The number of halogens is 2. The van der Waals surface area contributed by atoms with E-state index in [1.807, 2.05) is 19.9 Å². The van der Waals surface area contributed by atoms with Crippen molar-refractivity contribution in [3.05, 3.63) is 64.5 Å². The van der Waals surface area contributed by atoms with Gasteiger partial charge in [0.15, 0.2) is 17.2 Å². The van der Waals surface area contributed by atoms with E-state index in [0.717, 1.165) is 22.9 Å². The van der Waals surface area contributed by atoms with Crippen LogP contribution in [0.1, 0.15) is 35.2 Å². The van der Waals surface area contributed by atoms with E-state index in [2.05, 4.69) is 10.3 Å². The third-order valence-electron chi connectivity index (χ3n) is 5.24. The zero-order chi connectivity index (χ0) is 20.3. The van der Waals surface area contributed by atoms with Crippen molar-refractivity contribution in [2.24, 2.45) is 0 Å². The minimum Gasteiger partial charge on any atom is -0.379 e. The maximum atomic E-state index is 13.9. The van der Waals surface area contributed by atoms with Crippen molar-refractivity contribution in [2.45, 2.75) is 45.4 Å². The van der Waals surface area contributed by atoms with Crippen molar-refractivity contribution in [1.82, 2.24) is 15.2 Å². The molecule has 0 bridgehead atoms. The number of rotatable bonds is 6. The number of hydrogen-bond acceptors (Lipinski definition) is 4. The monoisotopic (exact) mass is 389 g/mol. The quantitative estimate of drug-likeness (QED) is 0.797. The zero-order valence-electron chi connectivity index (χ0n) is 16.1. The van der Waals surface area contributed by atoms with Crippen molar-refractivity contribution in [2.75, 3.05) is 13.1 Å². The number of amides is 1. The number of nitrogens with zero attached hydrogens (tertiary/aromatic N) is 2. The summed E-state index contributed by atoms with van der Waals surface area (Å²) in [7, 11) is 0. The number of piperidine rings is 1. The molecule has 1 saturated heterocycles. The molecule has 2 heterocycles. The van der Waals surface area contributed by atoms with Crippen LogP contribution < -0.4 is 5.32 Å². The molecule has 5 nitrogen and oxygen atoms in total. The maximum absolute atomic E-state index is 13.9. The van der Waals surface area contributed by atoms with Gasteiger partial charge >= 0.3 is 0 Å². The van der Waals surface area contributed by atoms with E-state index in [4.69, 9.17) is 0 Å². The highest BCUT2D eigenvalue weighted by Crippen LogP contribution is 2.25. The largest absolute Gasteiger partial charge is 0.379 e. The van der Waals surface area contributed by atoms with Gasteiger partial charge in [0.25, 0.3) is 5.91 Å². The molecular weight excluding hydrogens is 364 g/mol. The molecule has 2 N–H and O–H groups in total. The highest BCUT2D eigenvalue weighted by atomic mass is 19.2. The van der Waals surface area contributed by atoms with Gasteiger partial charge in [0.2, 0.25) is 0 Å². The average molecular weight is 389 g/mol. The first-order chi connectivity index (χ1) is 13.3. The first-order valence-corrected chi connectivity index (χ1v) is 9.37. The lowest BCUT2D eigenvalue weighted by Crippen LogP contribution is -2.57. The topological polar surface area (TPSA) is 65.5 Å². The van der Waals surface area contributed by atoms with Crippen molar-refractivity contribution < 1.29 is 18.7 Å². The van der Waals surface area contributed by atoms with Crippen LogP contribution >= 0.6 is 0 Å². The van der Waals surface area contributed by atoms with Gasteiger partial charge in [-0.15, -0.1) is 0 Å². The van der Waals surface area contributed by atoms with Crippen molar-refractivity contribution in [3.63, 3.8) is 0 Å². The summed E-state index contributed by atoms with van der Waals surface area (Å²) in [6, 6.07) is 5.91. The van der Waals surface area contributed by atoms with Gasteiger partial charge in [0, 0.05) is 43.6 Å². The summed E-state index contributed by atoms with van der Waals surface area (Å²) < 4.78 is 27.4. The predicted molar refractivity (Wildman–Crippen MR) is 101 cm³/mol. The third-order valence-corrected chi connectivity index (χ3v) is 5.24. The van der Waals surface area contributed by atoms with E-state index >= 15 is 0 Å². The van der Waals surface area contributed by atoms with Gasteiger partial charge in [-0.2, -0.15) is 0 Å². The normalized spacial score (nSPS) is 19.9. The fourth-order valence-electron chi connectivity index (χ4n) is 3.47. The van der Waals surface area contributed by atoms with Crippen molar-refractivity contribution in [3.8, 4) is 0 Å². The second kappa shape index (κ2) is 8.32. The standard InChI is InChI=1S/C21H25F2N3O2/c1-14-9-16(11-25-15(14)2)10-24-13-21(28)7-4-8-26(20(21)27)12-17-5-3-6-18(22)19(17)23/h3,5-6,9,11,24,28H,4,7-8,10,12-13H2,1-2H3. The van der Waals surface area contributed by atoms with Gasteiger partial charge in [-0.1, -0.05) is 18.2 Å². The number of aromatic nitrogens is 1. The van der Waals surface area contributed by atoms with Gasteiger partial charge < -0.3 is 15.3 Å². The van der Waals surface area contributed by atoms with Crippen LogP contribution in [0.5, 0.6) is 0 Å². The average Bonchev–Trinajstić information content (AvgIpc) is 2.66. The smallest absolute Gasteiger partial charge is 0.256 e. The molecule has 1 unspecified atom stereocenters. The Bertz CT molecular complexity index is 875. The Morgan fingerprint density at radius 2 is 2.11 bits per heavy atom. The molecule has 0 aliphatic carbocycles. The van der Waals surface area contributed by atoms with Crippen LogP contribution in [0.15, 0.2) is 30.5 Å². The van der Waals surface area contributed by atoms with Crippen molar-refractivity contribution >= 4 is 5.91 Å². The number of carbonyl (C=O) groups excluding carboxylic acids is 1. The second-order valence-corrected chi connectivity index (χ2v) is 7.42. The lowest BCUT2D eigenvalue weighted by Gasteiger charge is -2.38. The summed E-state index contributed by atoms with van der Waals surface area (Å²) in [6.07, 6.45) is 2.68. The number of nitrogens with one attached hydrogen (secondary N) is 1. The first kappa shape index (κ1) is 20.4. The molecule has 3 rings (SSSR count). The number of benzene rings is 1. The second-order valence-electron chi connectivity index (χ2n) is 7.42. The number of likely N-dealkylation sites (tertiary alicyclic amines) is 1. The lowest BCUT2D eigenvalue weighted by atomic mass is 9.91. The summed E-state index contributed by atoms with van der Waals surface area (Å²) in [5.41, 5.74) is 1.55. The summed E-state index contributed by atoms with van der Waals surface area (Å²) in [6.45, 7) is 4.81. The summed E-state index contributed by atoms with van der Waals surface area (Å²) >= 11 is 0. The number of hydrogen-bond donors (Lipinski definition) is 2. The molecule has 7 heteroatoms. The fourth-order valence-corrected chi connectivity index (χ4v) is 3.47. The number of aryl methyl sites for hydroxylation is 2. The van der Waals surface area contributed by atoms with E-state index in [0.29, 0.717) is 25.9 Å². The molecule has 1 fully saturated rings. The summed E-state index contributed by atoms with van der Waals surface area (Å²) in [5, 5.41) is 14.0. The number of aliphatic hydroxyl groups is 1. The van der Waals surface area contributed by atoms with Gasteiger partial charge in [0.05, 0.1) is 0 Å². The third kappa shape index (κ3) is 4.36. The summed E-state index contributed by atoms with van der Waals surface area (Å²) in [5.74, 6) is -2.36. The van der Waals surface area contributed by atoms with Crippen LogP contribution in [-0.4, -0.2) is 39.6 Å². The van der Waals surface area contributed by atoms with Crippen molar-refractivity contribution in [1.29, 1.82) is 0 Å². The van der Waals surface area contributed by atoms with Crippen LogP contribution in [-0.2, 0) is 17.9 Å². The molecule has 1 aliphatic heterocycles. The zero-order valence-corrected chi connectivity index (χ0v) is 16.1. The van der Waals surface area contributed by atoms with E-state index in [1.54, 1.807) is 6.20 Å². The Labute approximate surface area is 163 Å². The predicted octanol–water partition coefficient (Wildman–Crippen LogP) is 2.62. The molecule has 28 heavy (non-hydrogen) atoms. The Balaban J connectivity index is 1.63. The molecule has 150 valence electrons. The molecule has 0 radical (unpaired) electrons. The fraction of sp³-hybridized carbons (Fsp3) is 0.429. The summed E-state index contributed by atoms with van der Waals surface area (Å²) in [4.78, 5) is 18.5. The van der Waals surface area contributed by atoms with Crippen LogP contribution in [0.3, 0.4) is 0 Å². The van der Waals surface area contributed by atoms with Gasteiger partial charge in [0.1, 0.15) is 0 Å². The molecule has 1 aromatic carbocycles. The number of pyridine rings is 1. The molecule has 1 atom stereocenters. The Kier molecular flexibility index (Phi) is 6.05. The van der Waals surface area contributed by atoms with Crippen LogP contribution in [0.4, 0.5) is 8.78 Å². The van der Waals surface area contributed by atoms with Crippen LogP contribution in [0.25, 0.3) is 0 Å². The van der Waals surface area contributed by atoms with E-state index in [-0.39, 0.29) is 18.7 Å². The van der Waals surface area contributed by atoms with E-state index in [9.17, 15) is 18.7 Å². The molecule has 1 aliphatic rings. The van der Waals surface area contributed by atoms with Gasteiger partial charge in [-0.3, -0.25) is 9.78 Å². The maximum Gasteiger partial charge on any atom is 0.256 e. The Hall–Kier alpha value is -2.38. The molecule has 1 aromatic heterocycles. The highest BCUT2D eigenvalue weighted by Gasteiger charge is 2.41. The van der Waals surface area contributed by atoms with E-state index < -0.39 is 23.1 Å². The Morgan fingerprint density at radius 1 is 1.32 bits per heavy atom. The molecule has 0 saturated carbocycles. The highest BCUT2D eigenvalue weighted by molar-refractivity contribution is 5.86. The molecular formula is C21H25F2N3O2. The van der Waals surface area contributed by atoms with E-state index in [1.165, 1.54) is 17.0 Å². The Morgan fingerprint density at radius 3 is 2.86 bits per heavy atom. The lowest BCUT2D eigenvalue weighted by molar-refractivity contribution is -0.157. The number of carbonyl (C=O) groups is 1. The first-order valence-electron chi connectivity index (χ1n) is 9.37. The molecule has 2 aromatic rings. The van der Waals surface area contributed by atoms with Crippen LogP contribution in [0.2, 0.25) is 0 Å².